The third kappa shape index (κ3) is 2.93. The second kappa shape index (κ2) is 5.96. The smallest absolute Gasteiger partial charge is 0.259 e. The minimum absolute atomic E-state index is 0.244. The Kier molecular flexibility index (Phi) is 4.29. The van der Waals surface area contributed by atoms with Crippen molar-refractivity contribution in [3.63, 3.8) is 0 Å². The predicted octanol–water partition coefficient (Wildman–Crippen LogP) is 3.60. The van der Waals surface area contributed by atoms with E-state index in [2.05, 4.69) is 21.2 Å². The Labute approximate surface area is 126 Å². The number of nitrogens with one attached hydrogen (secondary N) is 1. The molecule has 0 heterocycles. The molecular formula is C15H15BrN2O2. The lowest BCUT2D eigenvalue weighted by molar-refractivity contribution is 0.102. The highest BCUT2D eigenvalue weighted by Gasteiger charge is 2.13. The summed E-state index contributed by atoms with van der Waals surface area (Å²) < 4.78 is 5.96. The number of nitrogens with two attached hydrogens (primary N) is 1. The van der Waals surface area contributed by atoms with Crippen LogP contribution in [0.3, 0.4) is 0 Å². The molecule has 0 bridgehead atoms. The van der Waals surface area contributed by atoms with Crippen LogP contribution in [0.1, 0.15) is 15.9 Å². The van der Waals surface area contributed by atoms with Crippen molar-refractivity contribution in [1.82, 2.24) is 0 Å². The Bertz CT molecular complexity index is 656. The van der Waals surface area contributed by atoms with E-state index in [1.165, 1.54) is 7.11 Å². The normalized spacial score (nSPS) is 10.2. The van der Waals surface area contributed by atoms with E-state index in [9.17, 15) is 4.79 Å². The van der Waals surface area contributed by atoms with Gasteiger partial charge < -0.3 is 15.8 Å². The number of nitrogen functional groups attached to an aromatic ring is 1. The molecule has 3 N–H and O–H groups in total. The van der Waals surface area contributed by atoms with E-state index in [0.29, 0.717) is 22.7 Å². The molecule has 2 aromatic carbocycles. The standard InChI is InChI=1S/C15H15BrN2O2/c1-9-7-11(16)13(8-12(9)17)18-15(19)10-5-3-4-6-14(10)20-2/h3-8H,17H2,1-2H3,(H,18,19). The van der Waals surface area contributed by atoms with Gasteiger partial charge in [-0.1, -0.05) is 12.1 Å². The quantitative estimate of drug-likeness (QED) is 0.843. The highest BCUT2D eigenvalue weighted by molar-refractivity contribution is 9.10. The number of anilines is 2. The van der Waals surface area contributed by atoms with Crippen molar-refractivity contribution in [2.24, 2.45) is 0 Å². The topological polar surface area (TPSA) is 64.3 Å². The van der Waals surface area contributed by atoms with E-state index in [-0.39, 0.29) is 5.91 Å². The van der Waals surface area contributed by atoms with E-state index in [4.69, 9.17) is 10.5 Å². The number of aryl methyl sites for hydroxylation is 1. The number of methoxy groups -OCH3 is 1. The number of hydrogen-bond donors (Lipinski definition) is 2. The molecule has 0 unspecified atom stereocenters. The van der Waals surface area contributed by atoms with Gasteiger partial charge in [-0.15, -0.1) is 0 Å². The maximum Gasteiger partial charge on any atom is 0.259 e. The van der Waals surface area contributed by atoms with Gasteiger partial charge in [-0.2, -0.15) is 0 Å². The first-order valence-electron chi connectivity index (χ1n) is 6.03. The molecule has 104 valence electrons. The molecular weight excluding hydrogens is 320 g/mol. The van der Waals surface area contributed by atoms with E-state index in [0.717, 1.165) is 10.0 Å². The van der Waals surface area contributed by atoms with Crippen molar-refractivity contribution in [2.75, 3.05) is 18.2 Å². The highest BCUT2D eigenvalue weighted by atomic mass is 79.9. The van der Waals surface area contributed by atoms with Crippen molar-refractivity contribution in [1.29, 1.82) is 0 Å². The van der Waals surface area contributed by atoms with Gasteiger partial charge in [-0.05, 0) is 52.7 Å². The number of ether oxygens (including phenoxy) is 1. The molecule has 0 radical (unpaired) electrons. The van der Waals surface area contributed by atoms with Gasteiger partial charge in [-0.3, -0.25) is 4.79 Å². The fourth-order valence-corrected chi connectivity index (χ4v) is 2.36. The summed E-state index contributed by atoms with van der Waals surface area (Å²) in [6.45, 7) is 1.91. The zero-order valence-electron chi connectivity index (χ0n) is 11.2. The lowest BCUT2D eigenvalue weighted by Gasteiger charge is -2.12. The van der Waals surface area contributed by atoms with Crippen LogP contribution in [0.25, 0.3) is 0 Å². The molecule has 0 aliphatic rings. The van der Waals surface area contributed by atoms with Crippen LogP contribution in [0, 0.1) is 6.92 Å². The molecule has 20 heavy (non-hydrogen) atoms. The zero-order valence-corrected chi connectivity index (χ0v) is 12.8. The summed E-state index contributed by atoms with van der Waals surface area (Å²) in [5, 5.41) is 2.82. The van der Waals surface area contributed by atoms with Gasteiger partial charge in [0.1, 0.15) is 5.75 Å². The van der Waals surface area contributed by atoms with Crippen molar-refractivity contribution in [3.05, 3.63) is 52.0 Å². The monoisotopic (exact) mass is 334 g/mol. The van der Waals surface area contributed by atoms with Crippen molar-refractivity contribution >= 4 is 33.2 Å². The maximum absolute atomic E-state index is 12.3. The zero-order chi connectivity index (χ0) is 14.7. The second-order valence-corrected chi connectivity index (χ2v) is 5.20. The first kappa shape index (κ1) is 14.4. The van der Waals surface area contributed by atoms with Gasteiger partial charge in [0.05, 0.1) is 18.4 Å². The molecule has 0 saturated heterocycles. The SMILES string of the molecule is COc1ccccc1C(=O)Nc1cc(N)c(C)cc1Br. The highest BCUT2D eigenvalue weighted by Crippen LogP contribution is 2.29. The largest absolute Gasteiger partial charge is 0.496 e. The number of rotatable bonds is 3. The van der Waals surface area contributed by atoms with Crippen LogP contribution >= 0.6 is 15.9 Å². The summed E-state index contributed by atoms with van der Waals surface area (Å²) in [7, 11) is 1.53. The van der Waals surface area contributed by atoms with Gasteiger partial charge >= 0.3 is 0 Å². The fourth-order valence-electron chi connectivity index (χ4n) is 1.81. The first-order valence-corrected chi connectivity index (χ1v) is 6.82. The molecule has 0 aliphatic carbocycles. The van der Waals surface area contributed by atoms with Crippen LogP contribution in [-0.4, -0.2) is 13.0 Å². The average Bonchev–Trinajstić information content (AvgIpc) is 2.44. The first-order chi connectivity index (χ1) is 9.52. The van der Waals surface area contributed by atoms with Crippen LogP contribution in [-0.2, 0) is 0 Å². The molecule has 0 saturated carbocycles. The number of benzene rings is 2. The molecule has 5 heteroatoms. The summed E-state index contributed by atoms with van der Waals surface area (Å²) in [5.41, 5.74) is 8.54. The van der Waals surface area contributed by atoms with Crippen LogP contribution in [0.5, 0.6) is 5.75 Å². The van der Waals surface area contributed by atoms with Crippen molar-refractivity contribution in [2.45, 2.75) is 6.92 Å². The summed E-state index contributed by atoms with van der Waals surface area (Å²) in [4.78, 5) is 12.3. The molecule has 2 aromatic rings. The van der Waals surface area contributed by atoms with E-state index < -0.39 is 0 Å². The number of halogens is 1. The minimum Gasteiger partial charge on any atom is -0.496 e. The average molecular weight is 335 g/mol. The summed E-state index contributed by atoms with van der Waals surface area (Å²) in [6, 6.07) is 10.7. The van der Waals surface area contributed by atoms with Crippen LogP contribution in [0.2, 0.25) is 0 Å². The summed E-state index contributed by atoms with van der Waals surface area (Å²) >= 11 is 3.42. The summed E-state index contributed by atoms with van der Waals surface area (Å²) in [6.07, 6.45) is 0. The van der Waals surface area contributed by atoms with Gasteiger partial charge in [0.2, 0.25) is 0 Å². The van der Waals surface area contributed by atoms with Crippen LogP contribution in [0.4, 0.5) is 11.4 Å². The maximum atomic E-state index is 12.3. The van der Waals surface area contributed by atoms with Crippen molar-refractivity contribution < 1.29 is 9.53 Å². The molecule has 0 spiro atoms. The van der Waals surface area contributed by atoms with Crippen LogP contribution < -0.4 is 15.8 Å². The lowest BCUT2D eigenvalue weighted by atomic mass is 10.1. The number of hydrogen-bond acceptors (Lipinski definition) is 3. The number of carbonyl (C=O) groups is 1. The Morgan fingerprint density at radius 3 is 2.70 bits per heavy atom. The molecule has 0 aromatic heterocycles. The molecule has 1 amide bonds. The number of para-hydroxylation sites is 1. The van der Waals surface area contributed by atoms with E-state index in [1.807, 2.05) is 19.1 Å². The molecule has 2 rings (SSSR count). The Balaban J connectivity index is 2.30. The van der Waals surface area contributed by atoms with Crippen LogP contribution in [0.15, 0.2) is 40.9 Å². The minimum atomic E-state index is -0.244. The molecule has 0 fully saturated rings. The summed E-state index contributed by atoms with van der Waals surface area (Å²) in [5.74, 6) is 0.285. The Morgan fingerprint density at radius 2 is 2.00 bits per heavy atom. The molecule has 0 aliphatic heterocycles. The van der Waals surface area contributed by atoms with Gasteiger partial charge in [0.15, 0.2) is 0 Å². The Hall–Kier alpha value is -2.01. The van der Waals surface area contributed by atoms with E-state index in [1.54, 1.807) is 24.3 Å². The third-order valence-corrected chi connectivity index (χ3v) is 3.61. The molecule has 0 atom stereocenters. The number of amides is 1. The van der Waals surface area contributed by atoms with Gasteiger partial charge in [-0.25, -0.2) is 0 Å². The van der Waals surface area contributed by atoms with Crippen molar-refractivity contribution in [3.8, 4) is 5.75 Å². The van der Waals surface area contributed by atoms with E-state index >= 15 is 0 Å². The third-order valence-electron chi connectivity index (χ3n) is 2.96. The number of carbonyl (C=O) groups excluding carboxylic acids is 1. The lowest BCUT2D eigenvalue weighted by Crippen LogP contribution is -2.13. The second-order valence-electron chi connectivity index (χ2n) is 4.34. The van der Waals surface area contributed by atoms with Gasteiger partial charge in [0.25, 0.3) is 5.91 Å². The predicted molar refractivity (Wildman–Crippen MR) is 84.2 cm³/mol. The fraction of sp³-hybridized carbons (Fsp3) is 0.133. The van der Waals surface area contributed by atoms with Gasteiger partial charge in [0, 0.05) is 10.2 Å². The Morgan fingerprint density at radius 1 is 1.30 bits per heavy atom. The molecule has 4 nitrogen and oxygen atoms in total.